The van der Waals surface area contributed by atoms with Crippen molar-refractivity contribution in [2.24, 2.45) is 17.4 Å². The molecule has 0 aromatic rings. The van der Waals surface area contributed by atoms with Crippen LogP contribution in [0.3, 0.4) is 0 Å². The van der Waals surface area contributed by atoms with E-state index in [1.54, 1.807) is 6.92 Å². The Kier molecular flexibility index (Phi) is 10.7. The van der Waals surface area contributed by atoms with Crippen LogP contribution in [-0.4, -0.2) is 81.4 Å². The molecule has 13 heteroatoms. The van der Waals surface area contributed by atoms with Crippen molar-refractivity contribution in [3.63, 3.8) is 0 Å². The highest BCUT2D eigenvalue weighted by atomic mass is 16.4. The van der Waals surface area contributed by atoms with Crippen molar-refractivity contribution in [1.29, 1.82) is 0 Å². The molecule has 0 saturated carbocycles. The molecular weight excluding hydrogens is 438 g/mol. The lowest BCUT2D eigenvalue weighted by molar-refractivity contribution is -0.146. The summed E-state index contributed by atoms with van der Waals surface area (Å²) in [6, 6.07) is -4.63. The zero-order chi connectivity index (χ0) is 25.3. The number of carbonyl (C=O) groups excluding carboxylic acids is 4. The van der Waals surface area contributed by atoms with Gasteiger partial charge >= 0.3 is 11.9 Å². The fourth-order valence-corrected chi connectivity index (χ4v) is 3.53. The number of likely N-dealkylation sites (tertiary alicyclic amines) is 1. The highest BCUT2D eigenvalue weighted by molar-refractivity contribution is 5.95. The molecule has 0 aromatic heterocycles. The van der Waals surface area contributed by atoms with Crippen molar-refractivity contribution in [3.05, 3.63) is 0 Å². The first-order valence-electron chi connectivity index (χ1n) is 10.8. The summed E-state index contributed by atoms with van der Waals surface area (Å²) in [5, 5.41) is 22.9. The molecule has 0 spiro atoms. The second kappa shape index (κ2) is 12.7. The summed E-state index contributed by atoms with van der Waals surface area (Å²) < 4.78 is 0. The number of rotatable bonds is 13. The molecule has 13 nitrogen and oxygen atoms in total. The van der Waals surface area contributed by atoms with Crippen LogP contribution < -0.4 is 22.1 Å². The maximum absolute atomic E-state index is 13.3. The molecule has 1 fully saturated rings. The molecule has 33 heavy (non-hydrogen) atoms. The third-order valence-corrected chi connectivity index (χ3v) is 5.63. The van der Waals surface area contributed by atoms with Gasteiger partial charge in [0.2, 0.25) is 23.6 Å². The predicted molar refractivity (Wildman–Crippen MR) is 114 cm³/mol. The highest BCUT2D eigenvalue weighted by Crippen LogP contribution is 2.22. The normalized spacial score (nSPS) is 19.1. The minimum absolute atomic E-state index is 0.222. The lowest BCUT2D eigenvalue weighted by Crippen LogP contribution is -2.58. The zero-order valence-corrected chi connectivity index (χ0v) is 18.8. The number of nitrogens with zero attached hydrogens (tertiary/aromatic N) is 1. The minimum Gasteiger partial charge on any atom is -0.481 e. The lowest BCUT2D eigenvalue weighted by Gasteiger charge is -2.32. The average molecular weight is 472 g/mol. The van der Waals surface area contributed by atoms with E-state index in [1.165, 1.54) is 4.90 Å². The number of aliphatic carboxylic acids is 2. The van der Waals surface area contributed by atoms with Gasteiger partial charge in [0.05, 0.1) is 12.5 Å². The van der Waals surface area contributed by atoms with Crippen LogP contribution in [0.15, 0.2) is 0 Å². The van der Waals surface area contributed by atoms with Crippen LogP contribution in [0.2, 0.25) is 0 Å². The van der Waals surface area contributed by atoms with Gasteiger partial charge in [0.1, 0.15) is 18.1 Å². The first-order valence-corrected chi connectivity index (χ1v) is 10.8. The molecule has 1 aliphatic rings. The van der Waals surface area contributed by atoms with E-state index in [1.807, 2.05) is 6.92 Å². The molecule has 1 aliphatic heterocycles. The second-order valence-electron chi connectivity index (χ2n) is 8.17. The molecule has 186 valence electrons. The SMILES string of the molecule is CCC(C)C(NC(=O)C(N)CC(N)=O)C(=O)N1CCCC1C(=O)NC(CCC(=O)O)C(=O)O. The minimum atomic E-state index is -1.41. The van der Waals surface area contributed by atoms with Crippen LogP contribution in [0, 0.1) is 5.92 Å². The number of carboxylic acid groups (broad SMARTS) is 2. The Balaban J connectivity index is 2.97. The molecule has 5 atom stereocenters. The van der Waals surface area contributed by atoms with Crippen molar-refractivity contribution < 1.29 is 39.0 Å². The maximum atomic E-state index is 13.3. The van der Waals surface area contributed by atoms with Gasteiger partial charge in [0.25, 0.3) is 0 Å². The summed E-state index contributed by atoms with van der Waals surface area (Å²) in [5.74, 6) is -5.64. The number of hydrogen-bond donors (Lipinski definition) is 6. The molecular formula is C20H33N5O8. The van der Waals surface area contributed by atoms with Crippen LogP contribution in [0.1, 0.15) is 52.4 Å². The number of nitrogens with two attached hydrogens (primary N) is 2. The highest BCUT2D eigenvalue weighted by Gasteiger charge is 2.40. The first-order chi connectivity index (χ1) is 15.4. The molecule has 1 saturated heterocycles. The number of hydrogen-bond acceptors (Lipinski definition) is 7. The van der Waals surface area contributed by atoms with Crippen LogP contribution in [0.5, 0.6) is 0 Å². The summed E-state index contributed by atoms with van der Waals surface area (Å²) in [6.45, 7) is 3.77. The molecule has 8 N–H and O–H groups in total. The Morgan fingerprint density at radius 1 is 1.12 bits per heavy atom. The second-order valence-corrected chi connectivity index (χ2v) is 8.17. The molecule has 1 heterocycles. The van der Waals surface area contributed by atoms with Crippen LogP contribution >= 0.6 is 0 Å². The predicted octanol–water partition coefficient (Wildman–Crippen LogP) is -1.85. The van der Waals surface area contributed by atoms with Gasteiger partial charge in [-0.25, -0.2) is 4.79 Å². The van der Waals surface area contributed by atoms with Crippen LogP contribution in [0.4, 0.5) is 0 Å². The van der Waals surface area contributed by atoms with Crippen molar-refractivity contribution in [2.75, 3.05) is 6.54 Å². The number of carboxylic acids is 2. The summed E-state index contributed by atoms with van der Waals surface area (Å²) in [4.78, 5) is 72.9. The van der Waals surface area contributed by atoms with E-state index in [4.69, 9.17) is 16.6 Å². The van der Waals surface area contributed by atoms with E-state index in [0.29, 0.717) is 12.8 Å². The van der Waals surface area contributed by atoms with Gasteiger partial charge in [-0.1, -0.05) is 20.3 Å². The molecule has 4 amide bonds. The Labute approximate surface area is 191 Å². The zero-order valence-electron chi connectivity index (χ0n) is 18.8. The van der Waals surface area contributed by atoms with Crippen molar-refractivity contribution in [2.45, 2.75) is 76.5 Å². The van der Waals surface area contributed by atoms with Gasteiger partial charge in [0.15, 0.2) is 0 Å². The van der Waals surface area contributed by atoms with E-state index in [2.05, 4.69) is 10.6 Å². The van der Waals surface area contributed by atoms with E-state index >= 15 is 0 Å². The van der Waals surface area contributed by atoms with Crippen molar-refractivity contribution in [3.8, 4) is 0 Å². The first kappa shape index (κ1) is 27.8. The Bertz CT molecular complexity index is 774. The van der Waals surface area contributed by atoms with Gasteiger partial charge in [-0.3, -0.25) is 24.0 Å². The van der Waals surface area contributed by atoms with E-state index in [-0.39, 0.29) is 25.3 Å². The quantitative estimate of drug-likeness (QED) is 0.177. The van der Waals surface area contributed by atoms with Crippen molar-refractivity contribution >= 4 is 35.6 Å². The summed E-state index contributed by atoms with van der Waals surface area (Å²) in [7, 11) is 0. The lowest BCUT2D eigenvalue weighted by atomic mass is 9.96. The summed E-state index contributed by atoms with van der Waals surface area (Å²) >= 11 is 0. The molecule has 0 aliphatic carbocycles. The van der Waals surface area contributed by atoms with Crippen LogP contribution in [-0.2, 0) is 28.8 Å². The average Bonchev–Trinajstić information content (AvgIpc) is 3.22. The fourth-order valence-electron chi connectivity index (χ4n) is 3.53. The molecule has 0 bridgehead atoms. The molecule has 5 unspecified atom stereocenters. The largest absolute Gasteiger partial charge is 0.481 e. The topological polar surface area (TPSA) is 222 Å². The third kappa shape index (κ3) is 8.33. The Hall–Kier alpha value is -3.22. The number of amides is 4. The van der Waals surface area contributed by atoms with Gasteiger partial charge in [-0.15, -0.1) is 0 Å². The Morgan fingerprint density at radius 3 is 2.27 bits per heavy atom. The standard InChI is InChI=1S/C20H33N5O8/c1-3-10(2)16(24-17(29)11(21)9-14(22)26)19(31)25-8-4-5-13(25)18(30)23-12(20(32)33)6-7-15(27)28/h10-13,16H,3-9,21H2,1-2H3,(H2,22,26)(H,23,30)(H,24,29)(H,27,28)(H,32,33). The van der Waals surface area contributed by atoms with Crippen LogP contribution in [0.25, 0.3) is 0 Å². The van der Waals surface area contributed by atoms with Gasteiger partial charge < -0.3 is 37.2 Å². The van der Waals surface area contributed by atoms with E-state index in [9.17, 15) is 33.9 Å². The maximum Gasteiger partial charge on any atom is 0.326 e. The fraction of sp³-hybridized carbons (Fsp3) is 0.700. The number of nitrogens with one attached hydrogen (secondary N) is 2. The molecule has 0 aromatic carbocycles. The van der Waals surface area contributed by atoms with Crippen molar-refractivity contribution in [1.82, 2.24) is 15.5 Å². The molecule has 1 rings (SSSR count). The van der Waals surface area contributed by atoms with Gasteiger partial charge in [0, 0.05) is 13.0 Å². The number of primary amides is 1. The summed E-state index contributed by atoms with van der Waals surface area (Å²) in [6.07, 6.45) is 0.139. The van der Waals surface area contributed by atoms with Gasteiger partial charge in [-0.05, 0) is 25.2 Å². The third-order valence-electron chi connectivity index (χ3n) is 5.63. The monoisotopic (exact) mass is 471 g/mol. The number of carbonyl (C=O) groups is 6. The van der Waals surface area contributed by atoms with E-state index in [0.717, 1.165) is 0 Å². The Morgan fingerprint density at radius 2 is 1.76 bits per heavy atom. The molecule has 0 radical (unpaired) electrons. The smallest absolute Gasteiger partial charge is 0.326 e. The van der Waals surface area contributed by atoms with E-state index < -0.39 is 72.6 Å². The summed E-state index contributed by atoms with van der Waals surface area (Å²) in [5.41, 5.74) is 10.7. The van der Waals surface area contributed by atoms with Gasteiger partial charge in [-0.2, -0.15) is 0 Å².